The molecule has 1 aliphatic carbocycles. The Morgan fingerprint density at radius 3 is 2.50 bits per heavy atom. The first-order valence-electron chi connectivity index (χ1n) is 10.2. The van der Waals surface area contributed by atoms with Gasteiger partial charge in [0.25, 0.3) is 5.91 Å². The third-order valence-electron chi connectivity index (χ3n) is 5.38. The largest absolute Gasteiger partial charge is 0.491 e. The van der Waals surface area contributed by atoms with Crippen molar-refractivity contribution in [1.29, 1.82) is 0 Å². The number of rotatable bonds is 3. The molecule has 0 bridgehead atoms. The molecule has 2 aromatic carbocycles. The first-order valence-corrected chi connectivity index (χ1v) is 10.2. The molecule has 0 spiro atoms. The minimum atomic E-state index is -0.0904. The maximum atomic E-state index is 13.1. The second-order valence-electron chi connectivity index (χ2n) is 7.60. The quantitative estimate of drug-likeness (QED) is 0.633. The topological polar surface area (TPSA) is 55.3 Å². The Bertz CT molecular complexity index is 1130. The molecule has 1 aromatic heterocycles. The first kappa shape index (κ1) is 18.4. The third kappa shape index (κ3) is 4.04. The van der Waals surface area contributed by atoms with Gasteiger partial charge in [0.1, 0.15) is 18.2 Å². The molecule has 0 unspecified atom stereocenters. The lowest BCUT2D eigenvalue weighted by molar-refractivity contribution is 0.0738. The van der Waals surface area contributed by atoms with E-state index in [0.29, 0.717) is 36.8 Å². The second-order valence-corrected chi connectivity index (χ2v) is 7.60. The van der Waals surface area contributed by atoms with Crippen LogP contribution in [0.4, 0.5) is 0 Å². The van der Waals surface area contributed by atoms with Crippen LogP contribution in [0.15, 0.2) is 60.9 Å². The summed E-state index contributed by atoms with van der Waals surface area (Å²) in [6.45, 7) is 1.27. The van der Waals surface area contributed by atoms with Crippen LogP contribution in [-0.2, 0) is 6.54 Å². The summed E-state index contributed by atoms with van der Waals surface area (Å²) in [6.07, 6.45) is 5.95. The number of carbonyl (C=O) groups is 1. The molecular formula is C25H21N3O2. The number of hydrogen-bond donors (Lipinski definition) is 0. The van der Waals surface area contributed by atoms with Crippen molar-refractivity contribution in [2.24, 2.45) is 0 Å². The van der Waals surface area contributed by atoms with Gasteiger partial charge < -0.3 is 9.64 Å². The summed E-state index contributed by atoms with van der Waals surface area (Å²) in [5.41, 5.74) is 3.68. The highest BCUT2D eigenvalue weighted by atomic mass is 16.5. The van der Waals surface area contributed by atoms with E-state index < -0.39 is 0 Å². The van der Waals surface area contributed by atoms with Crippen molar-refractivity contribution in [3.8, 4) is 17.6 Å². The predicted molar refractivity (Wildman–Crippen MR) is 113 cm³/mol. The highest BCUT2D eigenvalue weighted by Gasteiger charge is 2.25. The van der Waals surface area contributed by atoms with Crippen molar-refractivity contribution < 1.29 is 9.53 Å². The fraction of sp³-hybridized carbons (Fsp3) is 0.240. The van der Waals surface area contributed by atoms with Crippen molar-refractivity contribution in [2.45, 2.75) is 25.3 Å². The molecule has 5 rings (SSSR count). The van der Waals surface area contributed by atoms with Crippen LogP contribution < -0.4 is 4.74 Å². The molecule has 148 valence electrons. The van der Waals surface area contributed by atoms with Gasteiger partial charge in [-0.1, -0.05) is 24.0 Å². The van der Waals surface area contributed by atoms with E-state index in [4.69, 9.17) is 4.74 Å². The normalized spacial score (nSPS) is 15.5. The zero-order valence-corrected chi connectivity index (χ0v) is 16.5. The number of ether oxygens (including phenoxy) is 1. The molecule has 0 saturated heterocycles. The van der Waals surface area contributed by atoms with Crippen LogP contribution >= 0.6 is 0 Å². The Morgan fingerprint density at radius 1 is 1.00 bits per heavy atom. The average molecular weight is 395 g/mol. The van der Waals surface area contributed by atoms with Gasteiger partial charge in [-0.05, 0) is 60.7 Å². The van der Waals surface area contributed by atoms with E-state index in [9.17, 15) is 4.79 Å². The van der Waals surface area contributed by atoms with Gasteiger partial charge in [-0.2, -0.15) is 0 Å². The molecule has 0 atom stereocenters. The van der Waals surface area contributed by atoms with Crippen LogP contribution in [0.2, 0.25) is 0 Å². The Hall–Kier alpha value is -3.65. The molecule has 3 aromatic rings. The molecule has 2 heterocycles. The number of amides is 1. The Kier molecular flexibility index (Phi) is 4.90. The number of hydrogen-bond acceptors (Lipinski definition) is 4. The lowest BCUT2D eigenvalue weighted by Gasteiger charge is -2.18. The minimum absolute atomic E-state index is 0.0904. The second kappa shape index (κ2) is 8.00. The summed E-state index contributed by atoms with van der Waals surface area (Å²) < 4.78 is 5.79. The average Bonchev–Trinajstić information content (AvgIpc) is 3.64. The van der Waals surface area contributed by atoms with Crippen LogP contribution in [0.25, 0.3) is 0 Å². The Morgan fingerprint density at radius 2 is 1.73 bits per heavy atom. The molecule has 0 radical (unpaired) electrons. The van der Waals surface area contributed by atoms with Gasteiger partial charge in [-0.3, -0.25) is 4.79 Å². The first-order chi connectivity index (χ1) is 14.8. The molecule has 5 nitrogen and oxygen atoms in total. The van der Waals surface area contributed by atoms with E-state index in [1.165, 1.54) is 18.4 Å². The van der Waals surface area contributed by atoms with Crippen LogP contribution in [0, 0.1) is 11.8 Å². The van der Waals surface area contributed by atoms with Crippen molar-refractivity contribution in [2.75, 3.05) is 13.2 Å². The fourth-order valence-electron chi connectivity index (χ4n) is 3.57. The Labute approximate surface area is 175 Å². The summed E-state index contributed by atoms with van der Waals surface area (Å²) in [7, 11) is 0. The van der Waals surface area contributed by atoms with Crippen molar-refractivity contribution >= 4 is 5.91 Å². The monoisotopic (exact) mass is 395 g/mol. The van der Waals surface area contributed by atoms with Crippen LogP contribution in [-0.4, -0.2) is 33.9 Å². The van der Waals surface area contributed by atoms with Gasteiger partial charge in [0, 0.05) is 23.5 Å². The van der Waals surface area contributed by atoms with Gasteiger partial charge in [0.15, 0.2) is 0 Å². The molecule has 1 fully saturated rings. The maximum Gasteiger partial charge on any atom is 0.258 e. The van der Waals surface area contributed by atoms with Crippen LogP contribution in [0.3, 0.4) is 0 Å². The summed E-state index contributed by atoms with van der Waals surface area (Å²) in [6, 6.07) is 15.8. The molecule has 5 heteroatoms. The molecule has 30 heavy (non-hydrogen) atoms. The van der Waals surface area contributed by atoms with Crippen molar-refractivity contribution in [1.82, 2.24) is 14.9 Å². The third-order valence-corrected chi connectivity index (χ3v) is 5.38. The molecule has 2 aliphatic rings. The van der Waals surface area contributed by atoms with Crippen molar-refractivity contribution in [3.63, 3.8) is 0 Å². The van der Waals surface area contributed by atoms with E-state index in [2.05, 4.69) is 46.1 Å². The summed E-state index contributed by atoms with van der Waals surface area (Å²) >= 11 is 0. The molecule has 1 saturated carbocycles. The Balaban J connectivity index is 1.37. The molecule has 1 aliphatic heterocycles. The minimum Gasteiger partial charge on any atom is -0.491 e. The molecule has 1 amide bonds. The zero-order valence-electron chi connectivity index (χ0n) is 16.5. The number of carbonyl (C=O) groups excluding carboxylic acids is 1. The molecule has 0 N–H and O–H groups in total. The van der Waals surface area contributed by atoms with Crippen LogP contribution in [0.5, 0.6) is 5.75 Å². The lowest BCUT2D eigenvalue weighted by Crippen LogP contribution is -2.32. The van der Waals surface area contributed by atoms with E-state index in [1.807, 2.05) is 18.2 Å². The van der Waals surface area contributed by atoms with Gasteiger partial charge in [0.2, 0.25) is 0 Å². The lowest BCUT2D eigenvalue weighted by atomic mass is 10.1. The highest BCUT2D eigenvalue weighted by molar-refractivity contribution is 5.97. The van der Waals surface area contributed by atoms with Gasteiger partial charge >= 0.3 is 0 Å². The SMILES string of the molecule is O=C1c2cc(C#Cc3ccc(C4CC4)cc3)ccc2OCCN1Cc1ncccn1. The standard InChI is InChI=1S/C25H21N3O2/c29-25-22-16-19(3-2-18-4-7-20(8-5-18)21-9-10-21)6-11-23(22)30-15-14-28(25)17-24-26-12-1-13-27-24/h1,4-8,11-13,16,21H,9-10,14-15,17H2. The summed E-state index contributed by atoms with van der Waals surface area (Å²) in [4.78, 5) is 23.3. The van der Waals surface area contributed by atoms with Crippen LogP contribution in [0.1, 0.15) is 51.6 Å². The van der Waals surface area contributed by atoms with Crippen molar-refractivity contribution in [3.05, 3.63) is 89.0 Å². The summed E-state index contributed by atoms with van der Waals surface area (Å²) in [5.74, 6) is 8.24. The van der Waals surface area contributed by atoms with E-state index >= 15 is 0 Å². The number of fused-ring (bicyclic) bond motifs is 1. The zero-order chi connectivity index (χ0) is 20.3. The molecular weight excluding hydrogens is 374 g/mol. The van der Waals surface area contributed by atoms with E-state index in [-0.39, 0.29) is 5.91 Å². The van der Waals surface area contributed by atoms with Gasteiger partial charge in [0.05, 0.1) is 18.7 Å². The number of benzene rings is 2. The van der Waals surface area contributed by atoms with Gasteiger partial charge in [-0.25, -0.2) is 9.97 Å². The smallest absolute Gasteiger partial charge is 0.258 e. The van der Waals surface area contributed by atoms with E-state index in [0.717, 1.165) is 17.0 Å². The highest BCUT2D eigenvalue weighted by Crippen LogP contribution is 2.39. The van der Waals surface area contributed by atoms with E-state index in [1.54, 1.807) is 23.4 Å². The van der Waals surface area contributed by atoms with Gasteiger partial charge in [-0.15, -0.1) is 0 Å². The predicted octanol–water partition coefficient (Wildman–Crippen LogP) is 3.79. The number of aromatic nitrogens is 2. The summed E-state index contributed by atoms with van der Waals surface area (Å²) in [5, 5.41) is 0. The fourth-order valence-corrected chi connectivity index (χ4v) is 3.57. The maximum absolute atomic E-state index is 13.1. The number of nitrogens with zero attached hydrogens (tertiary/aromatic N) is 3.